The fraction of sp³-hybridized carbons (Fsp3) is 0.167. The van der Waals surface area contributed by atoms with Crippen molar-refractivity contribution in [2.45, 2.75) is 25.1 Å². The van der Waals surface area contributed by atoms with Crippen LogP contribution in [-0.2, 0) is 4.79 Å². The Morgan fingerprint density at radius 2 is 1.73 bits per heavy atom. The third-order valence-corrected chi connectivity index (χ3v) is 5.92. The van der Waals surface area contributed by atoms with Crippen LogP contribution in [0.4, 0.5) is 5.69 Å². The molecule has 1 fully saturated rings. The highest BCUT2D eigenvalue weighted by Gasteiger charge is 2.54. The molecule has 9 heteroatoms. The number of carboxylic acid groups (broad SMARTS) is 1. The van der Waals surface area contributed by atoms with E-state index in [1.807, 2.05) is 0 Å². The smallest absolute Gasteiger partial charge is 0.336 e. The molecule has 33 heavy (non-hydrogen) atoms. The maximum Gasteiger partial charge on any atom is 0.336 e. The van der Waals surface area contributed by atoms with Gasteiger partial charge in [0.25, 0.3) is 11.6 Å². The van der Waals surface area contributed by atoms with E-state index >= 15 is 0 Å². The minimum absolute atomic E-state index is 0.0566. The van der Waals surface area contributed by atoms with Crippen molar-refractivity contribution in [1.29, 1.82) is 0 Å². The Morgan fingerprint density at radius 1 is 1.09 bits per heavy atom. The third kappa shape index (κ3) is 4.12. The molecular weight excluding hydrogens is 448 g/mol. The van der Waals surface area contributed by atoms with E-state index in [0.717, 1.165) is 0 Å². The third-order valence-electron chi connectivity index (χ3n) is 5.67. The fourth-order valence-electron chi connectivity index (χ4n) is 4.11. The van der Waals surface area contributed by atoms with Crippen LogP contribution in [0.25, 0.3) is 0 Å². The zero-order chi connectivity index (χ0) is 23.7. The number of nitrogens with zero attached hydrogens (tertiary/aromatic N) is 2. The quantitative estimate of drug-likeness (QED) is 0.297. The van der Waals surface area contributed by atoms with E-state index in [-0.39, 0.29) is 11.3 Å². The Morgan fingerprint density at radius 3 is 2.39 bits per heavy atom. The number of nitro benzene ring substituents is 1. The first kappa shape index (κ1) is 22.3. The minimum atomic E-state index is -1.12. The second-order valence-corrected chi connectivity index (χ2v) is 8.00. The number of hydrogen-bond acceptors (Lipinski definition) is 5. The van der Waals surface area contributed by atoms with Crippen LogP contribution in [0.15, 0.2) is 72.8 Å². The van der Waals surface area contributed by atoms with Crippen molar-refractivity contribution in [2.75, 3.05) is 0 Å². The van der Waals surface area contributed by atoms with Gasteiger partial charge < -0.3 is 14.7 Å². The summed E-state index contributed by atoms with van der Waals surface area (Å²) in [5.41, 5.74) is 0.636. The van der Waals surface area contributed by atoms with Crippen LogP contribution in [0.1, 0.15) is 40.5 Å². The molecule has 0 aromatic heterocycles. The first-order valence-electron chi connectivity index (χ1n) is 10.1. The zero-order valence-electron chi connectivity index (χ0n) is 17.4. The van der Waals surface area contributed by atoms with Gasteiger partial charge in [-0.3, -0.25) is 14.9 Å². The van der Waals surface area contributed by atoms with Gasteiger partial charge in [-0.05, 0) is 48.9 Å². The summed E-state index contributed by atoms with van der Waals surface area (Å²) >= 11 is 5.92. The number of β-lactam (4-membered cyclic amide) rings is 1. The molecule has 4 rings (SSSR count). The summed E-state index contributed by atoms with van der Waals surface area (Å²) in [5, 5.41) is 21.8. The van der Waals surface area contributed by atoms with E-state index in [2.05, 4.69) is 0 Å². The molecule has 1 aliphatic heterocycles. The number of para-hydroxylation sites is 1. The summed E-state index contributed by atoms with van der Waals surface area (Å²) in [6.07, 6.45) is -1.02. The molecule has 3 atom stereocenters. The van der Waals surface area contributed by atoms with Crippen LogP contribution in [0.5, 0.6) is 5.75 Å². The summed E-state index contributed by atoms with van der Waals surface area (Å²) in [5.74, 6) is -1.14. The van der Waals surface area contributed by atoms with Gasteiger partial charge in [0.1, 0.15) is 11.8 Å². The lowest BCUT2D eigenvalue weighted by atomic mass is 9.85. The molecule has 1 aliphatic rings. The van der Waals surface area contributed by atoms with E-state index in [9.17, 15) is 24.8 Å². The van der Waals surface area contributed by atoms with Gasteiger partial charge in [-0.1, -0.05) is 41.9 Å². The first-order chi connectivity index (χ1) is 15.8. The van der Waals surface area contributed by atoms with Crippen LogP contribution in [0.2, 0.25) is 5.02 Å². The van der Waals surface area contributed by atoms with E-state index in [0.29, 0.717) is 21.9 Å². The summed E-state index contributed by atoms with van der Waals surface area (Å²) in [7, 11) is 0. The predicted molar refractivity (Wildman–Crippen MR) is 120 cm³/mol. The number of likely N-dealkylation sites (tertiary alicyclic amines) is 1. The number of amides is 1. The molecule has 3 aromatic carbocycles. The molecule has 1 N–H and O–H groups in total. The van der Waals surface area contributed by atoms with E-state index in [4.69, 9.17) is 16.3 Å². The number of rotatable bonds is 7. The van der Waals surface area contributed by atoms with Gasteiger partial charge in [0.2, 0.25) is 6.10 Å². The van der Waals surface area contributed by atoms with Gasteiger partial charge >= 0.3 is 5.97 Å². The lowest BCUT2D eigenvalue weighted by Crippen LogP contribution is -2.61. The SMILES string of the molecule is CC(c1ccccc1C(=O)O)N1C(=O)C(Oc2ccc(Cl)cc2)C1c1ccccc1[N+](=O)[O-]. The first-order valence-corrected chi connectivity index (χ1v) is 10.5. The zero-order valence-corrected chi connectivity index (χ0v) is 18.2. The van der Waals surface area contributed by atoms with Crippen molar-refractivity contribution in [2.24, 2.45) is 0 Å². The van der Waals surface area contributed by atoms with Gasteiger partial charge in [-0.25, -0.2) is 4.79 Å². The molecule has 0 radical (unpaired) electrons. The molecule has 0 aliphatic carbocycles. The number of aromatic carboxylic acids is 1. The number of benzene rings is 3. The van der Waals surface area contributed by atoms with E-state index in [1.165, 1.54) is 17.0 Å². The van der Waals surface area contributed by atoms with Crippen molar-refractivity contribution in [3.8, 4) is 5.75 Å². The molecule has 168 valence electrons. The Hall–Kier alpha value is -3.91. The summed E-state index contributed by atoms with van der Waals surface area (Å²) in [6, 6.07) is 17.5. The second-order valence-electron chi connectivity index (χ2n) is 7.57. The van der Waals surface area contributed by atoms with E-state index in [1.54, 1.807) is 67.6 Å². The molecule has 0 spiro atoms. The molecule has 0 saturated carbocycles. The minimum Gasteiger partial charge on any atom is -0.478 e. The Labute approximate surface area is 194 Å². The van der Waals surface area contributed by atoms with Crippen molar-refractivity contribution in [1.82, 2.24) is 4.90 Å². The summed E-state index contributed by atoms with van der Waals surface area (Å²) < 4.78 is 5.92. The Balaban J connectivity index is 1.77. The highest BCUT2D eigenvalue weighted by atomic mass is 35.5. The second kappa shape index (κ2) is 8.91. The largest absolute Gasteiger partial charge is 0.478 e. The number of carboxylic acids is 1. The van der Waals surface area contributed by atoms with Gasteiger partial charge in [-0.2, -0.15) is 0 Å². The number of nitro groups is 1. The van der Waals surface area contributed by atoms with Crippen molar-refractivity contribution < 1.29 is 24.4 Å². The highest BCUT2D eigenvalue weighted by molar-refractivity contribution is 6.30. The maximum absolute atomic E-state index is 13.3. The van der Waals surface area contributed by atoms with Crippen molar-refractivity contribution >= 4 is 29.2 Å². The molecular formula is C24H19ClN2O6. The lowest BCUT2D eigenvalue weighted by molar-refractivity contribution is -0.386. The van der Waals surface area contributed by atoms with Crippen LogP contribution < -0.4 is 4.74 Å². The van der Waals surface area contributed by atoms with E-state index < -0.39 is 35.0 Å². The monoisotopic (exact) mass is 466 g/mol. The fourth-order valence-corrected chi connectivity index (χ4v) is 4.24. The Kier molecular flexibility index (Phi) is 6.02. The van der Waals surface area contributed by atoms with Crippen molar-refractivity contribution in [3.05, 3.63) is 105 Å². The van der Waals surface area contributed by atoms with Gasteiger partial charge in [0, 0.05) is 11.1 Å². The number of hydrogen-bond donors (Lipinski definition) is 1. The molecule has 3 unspecified atom stereocenters. The summed E-state index contributed by atoms with van der Waals surface area (Å²) in [4.78, 5) is 37.6. The summed E-state index contributed by atoms with van der Waals surface area (Å²) in [6.45, 7) is 1.69. The van der Waals surface area contributed by atoms with Crippen LogP contribution in [0, 0.1) is 10.1 Å². The average Bonchev–Trinajstić information content (AvgIpc) is 2.81. The number of carbonyl (C=O) groups excluding carboxylic acids is 1. The number of halogens is 1. The molecule has 1 amide bonds. The number of carbonyl (C=O) groups is 2. The topological polar surface area (TPSA) is 110 Å². The van der Waals surface area contributed by atoms with Crippen molar-refractivity contribution in [3.63, 3.8) is 0 Å². The molecule has 1 heterocycles. The maximum atomic E-state index is 13.3. The van der Waals surface area contributed by atoms with Crippen LogP contribution in [0.3, 0.4) is 0 Å². The standard InChI is InChI=1S/C24H19ClN2O6/c1-14(17-6-2-3-7-18(17)24(29)30)26-21(19-8-4-5-9-20(19)27(31)32)22(23(26)28)33-16-12-10-15(25)11-13-16/h2-14,21-22H,1H3,(H,29,30). The number of ether oxygens (including phenoxy) is 1. The average molecular weight is 467 g/mol. The van der Waals surface area contributed by atoms with Crippen LogP contribution in [-0.4, -0.2) is 32.9 Å². The lowest BCUT2D eigenvalue weighted by Gasteiger charge is -2.49. The predicted octanol–water partition coefficient (Wildman–Crippen LogP) is 5.04. The van der Waals surface area contributed by atoms with Gasteiger partial charge in [0.05, 0.1) is 22.1 Å². The molecule has 3 aromatic rings. The molecule has 8 nitrogen and oxygen atoms in total. The highest BCUT2D eigenvalue weighted by Crippen LogP contribution is 2.46. The van der Waals surface area contributed by atoms with Gasteiger partial charge in [0.15, 0.2) is 0 Å². The molecule has 0 bridgehead atoms. The van der Waals surface area contributed by atoms with Gasteiger partial charge in [-0.15, -0.1) is 0 Å². The normalized spacial score (nSPS) is 18.4. The molecule has 1 saturated heterocycles. The Bertz CT molecular complexity index is 1230. The van der Waals surface area contributed by atoms with Crippen LogP contribution >= 0.6 is 11.6 Å².